The van der Waals surface area contributed by atoms with Crippen molar-refractivity contribution in [2.45, 2.75) is 6.04 Å². The van der Waals surface area contributed by atoms with E-state index >= 15 is 0 Å². The summed E-state index contributed by atoms with van der Waals surface area (Å²) in [6, 6.07) is 6.00. The van der Waals surface area contributed by atoms with Crippen molar-refractivity contribution < 1.29 is 14.3 Å². The van der Waals surface area contributed by atoms with E-state index in [0.29, 0.717) is 12.1 Å². The topological polar surface area (TPSA) is 43.8 Å². The minimum atomic E-state index is -0.303. The second kappa shape index (κ2) is 4.71. The van der Waals surface area contributed by atoms with Gasteiger partial charge in [0.05, 0.1) is 12.6 Å². The van der Waals surface area contributed by atoms with Crippen molar-refractivity contribution in [1.29, 1.82) is 0 Å². The largest absolute Gasteiger partial charge is 0.395 e. The van der Waals surface area contributed by atoms with Gasteiger partial charge in [-0.1, -0.05) is 18.2 Å². The third kappa shape index (κ3) is 2.10. The van der Waals surface area contributed by atoms with Gasteiger partial charge in [-0.15, -0.1) is 0 Å². The Labute approximate surface area is 99.3 Å². The van der Waals surface area contributed by atoms with E-state index in [1.165, 1.54) is 15.9 Å². The number of β-amino-alcohol motifs (C(OH)–C–C–N with tert-alkyl or cyclic N) is 1. The van der Waals surface area contributed by atoms with E-state index in [1.807, 2.05) is 0 Å². The number of nitrogens with zero attached hydrogens (tertiary/aromatic N) is 2. The average Bonchev–Trinajstić information content (AvgIpc) is 2.59. The molecule has 1 heterocycles. The molecule has 1 aromatic rings. The van der Waals surface area contributed by atoms with Crippen LogP contribution in [-0.2, 0) is 0 Å². The lowest BCUT2D eigenvalue weighted by molar-refractivity contribution is 0.182. The summed E-state index contributed by atoms with van der Waals surface area (Å²) in [5.41, 5.74) is 0.517. The molecule has 1 fully saturated rings. The Balaban J connectivity index is 2.24. The molecule has 4 nitrogen and oxygen atoms in total. The molecular formula is C12H15FN2O2. The smallest absolute Gasteiger partial charge is 0.320 e. The van der Waals surface area contributed by atoms with Crippen molar-refractivity contribution in [1.82, 2.24) is 9.80 Å². The Hall–Kier alpha value is -1.62. The van der Waals surface area contributed by atoms with Crippen LogP contribution in [0.25, 0.3) is 0 Å². The zero-order valence-corrected chi connectivity index (χ0v) is 9.64. The number of urea groups is 1. The van der Waals surface area contributed by atoms with Crippen molar-refractivity contribution in [3.05, 3.63) is 35.6 Å². The Morgan fingerprint density at radius 3 is 2.82 bits per heavy atom. The fourth-order valence-electron chi connectivity index (χ4n) is 2.13. The van der Waals surface area contributed by atoms with Crippen LogP contribution >= 0.6 is 0 Å². The number of hydrogen-bond donors (Lipinski definition) is 1. The molecule has 92 valence electrons. The Morgan fingerprint density at radius 2 is 2.18 bits per heavy atom. The molecule has 1 atom stereocenters. The van der Waals surface area contributed by atoms with Gasteiger partial charge < -0.3 is 14.9 Å². The summed E-state index contributed by atoms with van der Waals surface area (Å²) in [5.74, 6) is -0.303. The fourth-order valence-corrected chi connectivity index (χ4v) is 2.13. The van der Waals surface area contributed by atoms with Crippen LogP contribution < -0.4 is 0 Å². The van der Waals surface area contributed by atoms with Crippen LogP contribution in [0.3, 0.4) is 0 Å². The number of carbonyl (C=O) groups excluding carboxylic acids is 1. The van der Waals surface area contributed by atoms with Crippen LogP contribution in [-0.4, -0.2) is 47.7 Å². The number of likely N-dealkylation sites (N-methyl/N-ethyl adjacent to an activating group) is 1. The van der Waals surface area contributed by atoms with Gasteiger partial charge in [0.1, 0.15) is 5.82 Å². The molecule has 0 radical (unpaired) electrons. The minimum Gasteiger partial charge on any atom is -0.395 e. The number of aliphatic hydroxyl groups excluding tert-OH is 1. The normalized spacial score (nSPS) is 20.2. The molecule has 0 aliphatic carbocycles. The number of carbonyl (C=O) groups is 1. The van der Waals surface area contributed by atoms with Gasteiger partial charge in [-0.25, -0.2) is 9.18 Å². The van der Waals surface area contributed by atoms with Crippen molar-refractivity contribution in [2.75, 3.05) is 26.7 Å². The highest BCUT2D eigenvalue weighted by atomic mass is 19.1. The molecule has 0 saturated carbocycles. The third-order valence-electron chi connectivity index (χ3n) is 3.07. The quantitative estimate of drug-likeness (QED) is 0.860. The first-order valence-electron chi connectivity index (χ1n) is 5.52. The molecule has 5 heteroatoms. The van der Waals surface area contributed by atoms with Crippen molar-refractivity contribution in [3.8, 4) is 0 Å². The highest BCUT2D eigenvalue weighted by Gasteiger charge is 2.36. The van der Waals surface area contributed by atoms with Gasteiger partial charge in [0.15, 0.2) is 0 Å². The molecule has 1 saturated heterocycles. The summed E-state index contributed by atoms with van der Waals surface area (Å²) in [5, 5.41) is 8.86. The summed E-state index contributed by atoms with van der Waals surface area (Å²) < 4.78 is 13.6. The van der Waals surface area contributed by atoms with Crippen LogP contribution in [0, 0.1) is 5.82 Å². The van der Waals surface area contributed by atoms with Crippen molar-refractivity contribution in [2.24, 2.45) is 0 Å². The van der Waals surface area contributed by atoms with E-state index in [1.54, 1.807) is 25.2 Å². The molecule has 1 N–H and O–H groups in total. The highest BCUT2D eigenvalue weighted by molar-refractivity contribution is 5.77. The molecule has 2 rings (SSSR count). The Morgan fingerprint density at radius 1 is 1.47 bits per heavy atom. The lowest BCUT2D eigenvalue weighted by Crippen LogP contribution is -2.31. The number of halogens is 1. The molecule has 2 amide bonds. The van der Waals surface area contributed by atoms with Gasteiger partial charge in [0.25, 0.3) is 0 Å². The number of aliphatic hydroxyl groups is 1. The SMILES string of the molecule is CN1C(=O)N(CCO)CC1c1ccccc1F. The first-order valence-corrected chi connectivity index (χ1v) is 5.52. The van der Waals surface area contributed by atoms with E-state index in [9.17, 15) is 9.18 Å². The van der Waals surface area contributed by atoms with Crippen molar-refractivity contribution in [3.63, 3.8) is 0 Å². The molecule has 1 aromatic carbocycles. The molecule has 0 spiro atoms. The van der Waals surface area contributed by atoms with E-state index in [0.717, 1.165) is 0 Å². The van der Waals surface area contributed by atoms with Crippen molar-refractivity contribution >= 4 is 6.03 Å². The predicted octanol–water partition coefficient (Wildman–Crippen LogP) is 1.23. The number of benzene rings is 1. The third-order valence-corrected chi connectivity index (χ3v) is 3.07. The molecule has 0 bridgehead atoms. The van der Waals surface area contributed by atoms with E-state index in [-0.39, 0.29) is 31.0 Å². The van der Waals surface area contributed by atoms with Gasteiger partial charge in [-0.2, -0.15) is 0 Å². The van der Waals surface area contributed by atoms with Crippen LogP contribution in [0.5, 0.6) is 0 Å². The molecule has 17 heavy (non-hydrogen) atoms. The van der Waals surface area contributed by atoms with Gasteiger partial charge in [-0.05, 0) is 6.07 Å². The Bertz CT molecular complexity index is 425. The second-order valence-corrected chi connectivity index (χ2v) is 4.10. The maximum atomic E-state index is 13.6. The van der Waals surface area contributed by atoms with Crippen LogP contribution in [0.4, 0.5) is 9.18 Å². The second-order valence-electron chi connectivity index (χ2n) is 4.10. The van der Waals surface area contributed by atoms with Gasteiger partial charge in [-0.3, -0.25) is 0 Å². The standard InChI is InChI=1S/C12H15FN2O2/c1-14-11(8-15(6-7-16)12(14)17)9-4-2-3-5-10(9)13/h2-5,11,16H,6-8H2,1H3. The zero-order chi connectivity index (χ0) is 12.4. The molecular weight excluding hydrogens is 223 g/mol. The Kier molecular flexibility index (Phi) is 3.28. The van der Waals surface area contributed by atoms with Crippen LogP contribution in [0.1, 0.15) is 11.6 Å². The number of amides is 2. The zero-order valence-electron chi connectivity index (χ0n) is 9.64. The fraction of sp³-hybridized carbons (Fsp3) is 0.417. The van der Waals surface area contributed by atoms with E-state index in [2.05, 4.69) is 0 Å². The summed E-state index contributed by atoms with van der Waals surface area (Å²) >= 11 is 0. The van der Waals surface area contributed by atoms with E-state index < -0.39 is 0 Å². The number of rotatable bonds is 3. The lowest BCUT2D eigenvalue weighted by atomic mass is 10.1. The molecule has 1 aliphatic heterocycles. The van der Waals surface area contributed by atoms with Gasteiger partial charge in [0, 0.05) is 25.7 Å². The predicted molar refractivity (Wildman–Crippen MR) is 61.0 cm³/mol. The molecule has 1 unspecified atom stereocenters. The lowest BCUT2D eigenvalue weighted by Gasteiger charge is -2.18. The average molecular weight is 238 g/mol. The van der Waals surface area contributed by atoms with E-state index in [4.69, 9.17) is 5.11 Å². The molecule has 1 aliphatic rings. The first-order chi connectivity index (χ1) is 8.15. The maximum Gasteiger partial charge on any atom is 0.320 e. The monoisotopic (exact) mass is 238 g/mol. The summed E-state index contributed by atoms with van der Waals surface area (Å²) in [6.45, 7) is 0.620. The molecule has 0 aromatic heterocycles. The summed E-state index contributed by atoms with van der Waals surface area (Å²) in [6.07, 6.45) is 0. The van der Waals surface area contributed by atoms with Crippen LogP contribution in [0.15, 0.2) is 24.3 Å². The minimum absolute atomic E-state index is 0.0798. The number of hydrogen-bond acceptors (Lipinski definition) is 2. The van der Waals surface area contributed by atoms with Gasteiger partial charge >= 0.3 is 6.03 Å². The maximum absolute atomic E-state index is 13.6. The summed E-state index contributed by atoms with van der Waals surface area (Å²) in [4.78, 5) is 14.8. The van der Waals surface area contributed by atoms with Gasteiger partial charge in [0.2, 0.25) is 0 Å². The van der Waals surface area contributed by atoms with Crippen LogP contribution in [0.2, 0.25) is 0 Å². The highest BCUT2D eigenvalue weighted by Crippen LogP contribution is 2.29. The first kappa shape index (κ1) is 11.9. The summed E-state index contributed by atoms with van der Waals surface area (Å²) in [7, 11) is 1.65.